The van der Waals surface area contributed by atoms with Crippen LogP contribution in [0.2, 0.25) is 0 Å². The number of carbonyl (C=O) groups excluding carboxylic acids is 1. The van der Waals surface area contributed by atoms with Crippen molar-refractivity contribution in [3.05, 3.63) is 59.8 Å². The highest BCUT2D eigenvalue weighted by Gasteiger charge is 2.30. The maximum Gasteiger partial charge on any atom is 0.263 e. The number of benzene rings is 2. The van der Waals surface area contributed by atoms with E-state index in [-0.39, 0.29) is 17.3 Å². The third kappa shape index (κ3) is 3.66. The third-order valence-corrected chi connectivity index (χ3v) is 5.21. The molecule has 0 atom stereocenters. The third-order valence-electron chi connectivity index (χ3n) is 5.21. The number of anilines is 1. The number of ketones is 1. The summed E-state index contributed by atoms with van der Waals surface area (Å²) in [5.74, 6) is 0.361. The molecule has 2 heterocycles. The maximum atomic E-state index is 13.0. The molecule has 1 aromatic heterocycles. The number of hydrogen-bond acceptors (Lipinski definition) is 2. The van der Waals surface area contributed by atoms with E-state index in [0.717, 1.165) is 40.9 Å². The first-order valence-corrected chi connectivity index (χ1v) is 9.69. The summed E-state index contributed by atoms with van der Waals surface area (Å²) in [7, 11) is 0. The number of Topliss-reactive ketones (excluding diaryl/α,β-unsaturated/α-hetero) is 1. The summed E-state index contributed by atoms with van der Waals surface area (Å²) in [6, 6.07) is 12.9. The summed E-state index contributed by atoms with van der Waals surface area (Å²) in [6.45, 7) is 9.08. The standard InChI is InChI=1S/C21H20F2N2O.C2H6/c1-13-10-25(20-7-6-15(21(22)23)8-19(13)20)18-5-3-4-17(9-18)24-11-16(12-24)14(2)26;1-2/h3-10,16,21H,11-12H2,1-2H3;1-2H3. The molecule has 3 nitrogen and oxygen atoms in total. The minimum atomic E-state index is -2.47. The number of fused-ring (bicyclic) bond motifs is 1. The fourth-order valence-electron chi connectivity index (χ4n) is 3.55. The fourth-order valence-corrected chi connectivity index (χ4v) is 3.55. The van der Waals surface area contributed by atoms with Gasteiger partial charge in [0.15, 0.2) is 0 Å². The van der Waals surface area contributed by atoms with Gasteiger partial charge in [0.1, 0.15) is 5.78 Å². The first-order valence-electron chi connectivity index (χ1n) is 9.69. The van der Waals surface area contributed by atoms with Gasteiger partial charge in [0.05, 0.1) is 11.4 Å². The zero-order valence-corrected chi connectivity index (χ0v) is 16.7. The number of carbonyl (C=O) groups is 1. The SMILES string of the molecule is CC.CC(=O)C1CN(c2cccc(-n3cc(C)c4cc(C(F)F)ccc43)c2)C1. The van der Waals surface area contributed by atoms with Crippen LogP contribution in [0.1, 0.15) is 38.3 Å². The van der Waals surface area contributed by atoms with E-state index < -0.39 is 6.43 Å². The van der Waals surface area contributed by atoms with E-state index in [1.54, 1.807) is 19.1 Å². The summed E-state index contributed by atoms with van der Waals surface area (Å²) in [5, 5.41) is 0.841. The summed E-state index contributed by atoms with van der Waals surface area (Å²) in [4.78, 5) is 13.6. The van der Waals surface area contributed by atoms with Crippen LogP contribution in [0.3, 0.4) is 0 Å². The minimum absolute atomic E-state index is 0.0444. The lowest BCUT2D eigenvalue weighted by atomic mass is 9.95. The van der Waals surface area contributed by atoms with Gasteiger partial charge in [-0.2, -0.15) is 0 Å². The van der Waals surface area contributed by atoms with Crippen LogP contribution < -0.4 is 4.90 Å². The predicted octanol–water partition coefficient (Wildman–Crippen LogP) is 5.93. The molecule has 0 spiro atoms. The molecule has 4 rings (SSSR count). The molecule has 2 aromatic carbocycles. The van der Waals surface area contributed by atoms with Crippen LogP contribution in [0.25, 0.3) is 16.6 Å². The summed E-state index contributed by atoms with van der Waals surface area (Å²) < 4.78 is 28.0. The van der Waals surface area contributed by atoms with E-state index in [9.17, 15) is 13.6 Å². The molecular weight excluding hydrogens is 358 g/mol. The normalized spacial score (nSPS) is 14.0. The summed E-state index contributed by atoms with van der Waals surface area (Å²) >= 11 is 0. The number of hydrogen-bond donors (Lipinski definition) is 0. The van der Waals surface area contributed by atoms with Gasteiger partial charge in [-0.05, 0) is 49.7 Å². The average Bonchev–Trinajstić information content (AvgIpc) is 2.98. The van der Waals surface area contributed by atoms with Gasteiger partial charge in [-0.3, -0.25) is 4.79 Å². The van der Waals surface area contributed by atoms with Gasteiger partial charge in [-0.25, -0.2) is 8.78 Å². The Morgan fingerprint density at radius 2 is 1.75 bits per heavy atom. The molecule has 148 valence electrons. The molecule has 5 heteroatoms. The lowest BCUT2D eigenvalue weighted by Crippen LogP contribution is -2.49. The first-order chi connectivity index (χ1) is 13.4. The number of halogens is 2. The van der Waals surface area contributed by atoms with Crippen LogP contribution in [-0.2, 0) is 4.79 Å². The highest BCUT2D eigenvalue weighted by Crippen LogP contribution is 2.31. The molecule has 3 aromatic rings. The van der Waals surface area contributed by atoms with Crippen molar-refractivity contribution in [2.24, 2.45) is 5.92 Å². The second kappa shape index (κ2) is 8.13. The van der Waals surface area contributed by atoms with Crippen LogP contribution in [0.4, 0.5) is 14.5 Å². The van der Waals surface area contributed by atoms with Gasteiger partial charge in [0.25, 0.3) is 6.43 Å². The predicted molar refractivity (Wildman–Crippen MR) is 111 cm³/mol. The molecule has 0 N–H and O–H groups in total. The second-order valence-corrected chi connectivity index (χ2v) is 6.99. The Bertz CT molecular complexity index is 987. The molecule has 0 unspecified atom stereocenters. The molecule has 1 aliphatic heterocycles. The molecular formula is C23H26F2N2O. The molecule has 1 saturated heterocycles. The number of alkyl halides is 2. The quantitative estimate of drug-likeness (QED) is 0.557. The average molecular weight is 384 g/mol. The van der Waals surface area contributed by atoms with Gasteiger partial charge in [-0.1, -0.05) is 26.0 Å². The van der Waals surface area contributed by atoms with Gasteiger partial charge < -0.3 is 9.47 Å². The van der Waals surface area contributed by atoms with Crippen molar-refractivity contribution in [3.63, 3.8) is 0 Å². The van der Waals surface area contributed by atoms with E-state index >= 15 is 0 Å². The topological polar surface area (TPSA) is 25.2 Å². The van der Waals surface area contributed by atoms with E-state index in [1.165, 1.54) is 6.07 Å². The first kappa shape index (κ1) is 20.1. The zero-order chi connectivity index (χ0) is 20.4. The van der Waals surface area contributed by atoms with E-state index in [1.807, 2.05) is 49.7 Å². The van der Waals surface area contributed by atoms with Crippen LogP contribution >= 0.6 is 0 Å². The van der Waals surface area contributed by atoms with Crippen LogP contribution in [-0.4, -0.2) is 23.4 Å². The molecule has 0 radical (unpaired) electrons. The molecule has 1 fully saturated rings. The largest absolute Gasteiger partial charge is 0.370 e. The van der Waals surface area contributed by atoms with Crippen molar-refractivity contribution in [1.29, 1.82) is 0 Å². The molecule has 1 aliphatic rings. The van der Waals surface area contributed by atoms with Gasteiger partial charge in [-0.15, -0.1) is 0 Å². The fraction of sp³-hybridized carbons (Fsp3) is 0.348. The molecule has 0 aliphatic carbocycles. The van der Waals surface area contributed by atoms with Crippen molar-refractivity contribution in [2.45, 2.75) is 34.1 Å². The lowest BCUT2D eigenvalue weighted by Gasteiger charge is -2.39. The maximum absolute atomic E-state index is 13.0. The monoisotopic (exact) mass is 384 g/mol. The Labute approximate surface area is 164 Å². The lowest BCUT2D eigenvalue weighted by molar-refractivity contribution is -0.121. The molecule has 0 bridgehead atoms. The smallest absolute Gasteiger partial charge is 0.263 e. The van der Waals surface area contributed by atoms with Crippen molar-refractivity contribution < 1.29 is 13.6 Å². The minimum Gasteiger partial charge on any atom is -0.370 e. The van der Waals surface area contributed by atoms with E-state index in [2.05, 4.69) is 11.0 Å². The van der Waals surface area contributed by atoms with Crippen molar-refractivity contribution in [1.82, 2.24) is 4.57 Å². The van der Waals surface area contributed by atoms with E-state index in [4.69, 9.17) is 0 Å². The molecule has 28 heavy (non-hydrogen) atoms. The Morgan fingerprint density at radius 1 is 1.07 bits per heavy atom. The molecule has 0 saturated carbocycles. The summed E-state index contributed by atoms with van der Waals surface area (Å²) in [6.07, 6.45) is -0.487. The Hall–Kier alpha value is -2.69. The number of aryl methyl sites for hydroxylation is 1. The van der Waals surface area contributed by atoms with Gasteiger partial charge >= 0.3 is 0 Å². The Morgan fingerprint density at radius 3 is 2.39 bits per heavy atom. The number of nitrogens with zero attached hydrogens (tertiary/aromatic N) is 2. The molecule has 0 amide bonds. The van der Waals surface area contributed by atoms with Gasteiger partial charge in [0, 0.05) is 41.6 Å². The summed E-state index contributed by atoms with van der Waals surface area (Å²) in [5.41, 5.74) is 3.98. The van der Waals surface area contributed by atoms with Crippen molar-refractivity contribution in [2.75, 3.05) is 18.0 Å². The van der Waals surface area contributed by atoms with Crippen LogP contribution in [0.15, 0.2) is 48.7 Å². The van der Waals surface area contributed by atoms with Crippen molar-refractivity contribution in [3.8, 4) is 5.69 Å². The van der Waals surface area contributed by atoms with E-state index in [0.29, 0.717) is 0 Å². The van der Waals surface area contributed by atoms with Crippen LogP contribution in [0, 0.1) is 12.8 Å². The Kier molecular flexibility index (Phi) is 5.82. The number of aromatic nitrogens is 1. The Balaban J connectivity index is 0.00000109. The number of rotatable bonds is 4. The second-order valence-electron chi connectivity index (χ2n) is 6.99. The highest BCUT2D eigenvalue weighted by molar-refractivity contribution is 5.86. The zero-order valence-electron chi connectivity index (χ0n) is 16.7. The highest BCUT2D eigenvalue weighted by atomic mass is 19.3. The van der Waals surface area contributed by atoms with Crippen LogP contribution in [0.5, 0.6) is 0 Å². The van der Waals surface area contributed by atoms with Gasteiger partial charge in [0.2, 0.25) is 0 Å². The van der Waals surface area contributed by atoms with Crippen molar-refractivity contribution >= 4 is 22.4 Å².